The third-order valence-corrected chi connectivity index (χ3v) is 4.89. The molecular formula is C16H10BrNO3S. The molecule has 6 heteroatoms. The van der Waals surface area contributed by atoms with Crippen molar-refractivity contribution < 1.29 is 14.7 Å². The molecule has 0 saturated carbocycles. The molecule has 3 aromatic rings. The molecule has 3 rings (SSSR count). The van der Waals surface area contributed by atoms with Crippen LogP contribution in [0.25, 0.3) is 10.9 Å². The minimum absolute atomic E-state index is 0.00859. The Bertz CT molecular complexity index is 888. The molecule has 110 valence electrons. The minimum atomic E-state index is -1.08. The van der Waals surface area contributed by atoms with E-state index in [4.69, 9.17) is 5.11 Å². The second kappa shape index (κ2) is 5.98. The normalized spacial score (nSPS) is 10.8. The van der Waals surface area contributed by atoms with Crippen LogP contribution >= 0.6 is 27.3 Å². The number of benzene rings is 1. The number of pyridine rings is 1. The number of carboxylic acids is 1. The first-order valence-electron chi connectivity index (χ1n) is 6.45. The van der Waals surface area contributed by atoms with Crippen LogP contribution in [-0.2, 0) is 6.42 Å². The molecule has 1 N–H and O–H groups in total. The largest absolute Gasteiger partial charge is 0.477 e. The van der Waals surface area contributed by atoms with E-state index in [1.54, 1.807) is 12.1 Å². The summed E-state index contributed by atoms with van der Waals surface area (Å²) in [5.74, 6) is -1.09. The van der Waals surface area contributed by atoms with Crippen molar-refractivity contribution in [3.05, 3.63) is 62.4 Å². The Hall–Kier alpha value is -2.05. The predicted octanol–water partition coefficient (Wildman–Crippen LogP) is 4.18. The van der Waals surface area contributed by atoms with Gasteiger partial charge in [-0.25, -0.2) is 9.78 Å². The van der Waals surface area contributed by atoms with Crippen LogP contribution in [0.1, 0.15) is 25.7 Å². The number of para-hydroxylation sites is 1. The van der Waals surface area contributed by atoms with E-state index in [-0.39, 0.29) is 17.9 Å². The average Bonchev–Trinajstić information content (AvgIpc) is 2.94. The summed E-state index contributed by atoms with van der Waals surface area (Å²) in [6.07, 6.45) is 0.195. The van der Waals surface area contributed by atoms with Crippen molar-refractivity contribution in [1.29, 1.82) is 0 Å². The van der Waals surface area contributed by atoms with Gasteiger partial charge in [-0.3, -0.25) is 4.79 Å². The van der Waals surface area contributed by atoms with Crippen LogP contribution in [-0.4, -0.2) is 21.8 Å². The standard InChI is InChI=1S/C16H10BrNO3S/c17-14-7-6-13(22-14)12(19)8-10-3-1-2-9-4-5-11(16(20)21)18-15(9)10/h1-7H,8H2,(H,20,21). The Labute approximate surface area is 138 Å². The Morgan fingerprint density at radius 3 is 2.64 bits per heavy atom. The fourth-order valence-electron chi connectivity index (χ4n) is 2.19. The van der Waals surface area contributed by atoms with Crippen LogP contribution in [0.3, 0.4) is 0 Å². The number of Topliss-reactive ketones (excluding diaryl/α,β-unsaturated/α-hetero) is 1. The molecule has 0 bridgehead atoms. The van der Waals surface area contributed by atoms with E-state index in [2.05, 4.69) is 20.9 Å². The van der Waals surface area contributed by atoms with Gasteiger partial charge in [0.2, 0.25) is 0 Å². The molecule has 1 aromatic carbocycles. The first-order chi connectivity index (χ1) is 10.5. The van der Waals surface area contributed by atoms with Gasteiger partial charge >= 0.3 is 5.97 Å². The van der Waals surface area contributed by atoms with Gasteiger partial charge in [-0.1, -0.05) is 24.3 Å². The second-order valence-corrected chi connectivity index (χ2v) is 7.16. The first-order valence-corrected chi connectivity index (χ1v) is 8.06. The Morgan fingerprint density at radius 1 is 1.14 bits per heavy atom. The number of fused-ring (bicyclic) bond motifs is 1. The lowest BCUT2D eigenvalue weighted by atomic mass is 10.0. The Balaban J connectivity index is 2.01. The number of aromatic carboxylic acids is 1. The van der Waals surface area contributed by atoms with Crippen LogP contribution in [0.2, 0.25) is 0 Å². The van der Waals surface area contributed by atoms with Crippen LogP contribution in [0.5, 0.6) is 0 Å². The number of ketones is 1. The highest BCUT2D eigenvalue weighted by Crippen LogP contribution is 2.25. The highest BCUT2D eigenvalue weighted by atomic mass is 79.9. The molecular weight excluding hydrogens is 366 g/mol. The number of carbonyl (C=O) groups is 2. The minimum Gasteiger partial charge on any atom is -0.477 e. The van der Waals surface area contributed by atoms with Crippen LogP contribution < -0.4 is 0 Å². The number of thiophene rings is 1. The van der Waals surface area contributed by atoms with Crippen molar-refractivity contribution >= 4 is 49.9 Å². The highest BCUT2D eigenvalue weighted by Gasteiger charge is 2.14. The molecule has 0 radical (unpaired) electrons. The number of nitrogens with zero attached hydrogens (tertiary/aromatic N) is 1. The Morgan fingerprint density at radius 2 is 1.95 bits per heavy atom. The van der Waals surface area contributed by atoms with Gasteiger partial charge in [-0.2, -0.15) is 0 Å². The van der Waals surface area contributed by atoms with Crippen molar-refractivity contribution in [1.82, 2.24) is 4.98 Å². The van der Waals surface area contributed by atoms with Crippen LogP contribution in [0, 0.1) is 0 Å². The summed E-state index contributed by atoms with van der Waals surface area (Å²) in [6, 6.07) is 12.3. The molecule has 22 heavy (non-hydrogen) atoms. The van der Waals surface area contributed by atoms with E-state index in [0.717, 1.165) is 14.7 Å². The summed E-state index contributed by atoms with van der Waals surface area (Å²) in [5, 5.41) is 9.89. The number of aromatic nitrogens is 1. The van der Waals surface area contributed by atoms with Gasteiger partial charge in [-0.05, 0) is 39.7 Å². The molecule has 0 aliphatic carbocycles. The molecule has 0 unspecified atom stereocenters. The van der Waals surface area contributed by atoms with Crippen LogP contribution in [0.15, 0.2) is 46.3 Å². The topological polar surface area (TPSA) is 67.3 Å². The lowest BCUT2D eigenvalue weighted by Gasteiger charge is -2.05. The molecule has 0 saturated heterocycles. The van der Waals surface area contributed by atoms with Gasteiger partial charge in [0.1, 0.15) is 5.69 Å². The van der Waals surface area contributed by atoms with Crippen molar-refractivity contribution in [3.8, 4) is 0 Å². The molecule has 0 amide bonds. The van der Waals surface area contributed by atoms with Gasteiger partial charge in [0.05, 0.1) is 14.2 Å². The fourth-order valence-corrected chi connectivity index (χ4v) is 3.52. The molecule has 0 fully saturated rings. The average molecular weight is 376 g/mol. The number of carbonyl (C=O) groups excluding carboxylic acids is 1. The van der Waals surface area contributed by atoms with Crippen molar-refractivity contribution in [2.24, 2.45) is 0 Å². The number of hydrogen-bond acceptors (Lipinski definition) is 4. The number of hydrogen-bond donors (Lipinski definition) is 1. The monoisotopic (exact) mass is 375 g/mol. The van der Waals surface area contributed by atoms with E-state index in [1.807, 2.05) is 24.3 Å². The SMILES string of the molecule is O=C(O)c1ccc2cccc(CC(=O)c3ccc(Br)s3)c2n1. The van der Waals surface area contributed by atoms with Crippen molar-refractivity contribution in [2.75, 3.05) is 0 Å². The van der Waals surface area contributed by atoms with E-state index in [9.17, 15) is 9.59 Å². The van der Waals surface area contributed by atoms with Gasteiger partial charge in [0, 0.05) is 11.8 Å². The second-order valence-electron chi connectivity index (χ2n) is 4.69. The zero-order chi connectivity index (χ0) is 15.7. The van der Waals surface area contributed by atoms with E-state index >= 15 is 0 Å². The zero-order valence-corrected chi connectivity index (χ0v) is 13.6. The molecule has 0 atom stereocenters. The predicted molar refractivity (Wildman–Crippen MR) is 88.8 cm³/mol. The quantitative estimate of drug-likeness (QED) is 0.694. The smallest absolute Gasteiger partial charge is 0.354 e. The summed E-state index contributed by atoms with van der Waals surface area (Å²) < 4.78 is 0.903. The van der Waals surface area contributed by atoms with E-state index in [0.29, 0.717) is 10.4 Å². The van der Waals surface area contributed by atoms with Gasteiger partial charge < -0.3 is 5.11 Å². The third-order valence-electron chi connectivity index (χ3n) is 3.22. The maximum atomic E-state index is 12.3. The third kappa shape index (κ3) is 2.93. The molecule has 4 nitrogen and oxygen atoms in total. The summed E-state index contributed by atoms with van der Waals surface area (Å²) >= 11 is 4.72. The van der Waals surface area contributed by atoms with Gasteiger partial charge in [0.25, 0.3) is 0 Å². The van der Waals surface area contributed by atoms with E-state index in [1.165, 1.54) is 17.4 Å². The first kappa shape index (κ1) is 14.9. The fraction of sp³-hybridized carbons (Fsp3) is 0.0625. The van der Waals surface area contributed by atoms with Crippen molar-refractivity contribution in [3.63, 3.8) is 0 Å². The molecule has 0 spiro atoms. The summed E-state index contributed by atoms with van der Waals surface area (Å²) in [6.45, 7) is 0. The molecule has 2 aromatic heterocycles. The van der Waals surface area contributed by atoms with Crippen LogP contribution in [0.4, 0.5) is 0 Å². The van der Waals surface area contributed by atoms with E-state index < -0.39 is 5.97 Å². The lowest BCUT2D eigenvalue weighted by Crippen LogP contribution is -2.05. The van der Waals surface area contributed by atoms with Gasteiger partial charge in [0.15, 0.2) is 5.78 Å². The number of halogens is 1. The number of carboxylic acid groups (broad SMARTS) is 1. The lowest BCUT2D eigenvalue weighted by molar-refractivity contribution is 0.0690. The molecule has 2 heterocycles. The highest BCUT2D eigenvalue weighted by molar-refractivity contribution is 9.11. The van der Waals surface area contributed by atoms with Gasteiger partial charge in [-0.15, -0.1) is 11.3 Å². The Kier molecular flexibility index (Phi) is 4.04. The van der Waals surface area contributed by atoms with Crippen molar-refractivity contribution in [2.45, 2.75) is 6.42 Å². The zero-order valence-electron chi connectivity index (χ0n) is 11.2. The summed E-state index contributed by atoms with van der Waals surface area (Å²) in [4.78, 5) is 28.2. The maximum absolute atomic E-state index is 12.3. The summed E-state index contributed by atoms with van der Waals surface area (Å²) in [7, 11) is 0. The summed E-state index contributed by atoms with van der Waals surface area (Å²) in [5.41, 5.74) is 1.27. The maximum Gasteiger partial charge on any atom is 0.354 e. The molecule has 0 aliphatic rings. The number of rotatable bonds is 4. The molecule has 0 aliphatic heterocycles.